The van der Waals surface area contributed by atoms with Gasteiger partial charge in [-0.1, -0.05) is 0 Å². The molecule has 0 unspecified atom stereocenters. The Morgan fingerprint density at radius 1 is 1.52 bits per heavy atom. The van der Waals surface area contributed by atoms with Crippen molar-refractivity contribution in [2.24, 2.45) is 5.73 Å². The van der Waals surface area contributed by atoms with E-state index < -0.39 is 5.91 Å². The number of rotatable bonds is 4. The van der Waals surface area contributed by atoms with Crippen LogP contribution in [0.15, 0.2) is 36.3 Å². The largest absolute Gasteiger partial charge is 0.385 e. The number of carbonyl (C=O) groups excluding carboxylic acids is 1. The van der Waals surface area contributed by atoms with Crippen LogP contribution in [0, 0.1) is 0 Å². The van der Waals surface area contributed by atoms with Crippen molar-refractivity contribution in [3.63, 3.8) is 0 Å². The molecule has 0 spiro atoms. The smallest absolute Gasteiger partial charge is 0.254 e. The van der Waals surface area contributed by atoms with Crippen molar-refractivity contribution in [1.29, 1.82) is 0 Å². The number of dihydropyridines is 1. The van der Waals surface area contributed by atoms with Crippen LogP contribution in [0.25, 0.3) is 5.65 Å². The van der Waals surface area contributed by atoms with Gasteiger partial charge in [-0.3, -0.25) is 4.79 Å². The Labute approximate surface area is 120 Å². The molecule has 1 aliphatic heterocycles. The Morgan fingerprint density at radius 2 is 2.38 bits per heavy atom. The summed E-state index contributed by atoms with van der Waals surface area (Å²) in [4.78, 5) is 15.8. The van der Waals surface area contributed by atoms with Crippen molar-refractivity contribution < 1.29 is 4.79 Å². The zero-order valence-corrected chi connectivity index (χ0v) is 11.4. The number of hydrogen-bond donors (Lipinski definition) is 4. The number of aromatic nitrogens is 3. The van der Waals surface area contributed by atoms with Gasteiger partial charge in [0.15, 0.2) is 5.65 Å². The molecular weight excluding hydrogens is 270 g/mol. The molecule has 5 N–H and O–H groups in total. The third kappa shape index (κ3) is 2.38. The maximum absolute atomic E-state index is 11.4. The molecule has 0 radical (unpaired) electrons. The first kappa shape index (κ1) is 13.0. The van der Waals surface area contributed by atoms with Gasteiger partial charge in [-0.2, -0.15) is 9.61 Å². The second kappa shape index (κ2) is 5.16. The average molecular weight is 285 g/mol. The second-order valence-electron chi connectivity index (χ2n) is 4.49. The van der Waals surface area contributed by atoms with Crippen molar-refractivity contribution in [2.45, 2.75) is 0 Å². The Hall–Kier alpha value is -3.03. The summed E-state index contributed by atoms with van der Waals surface area (Å²) in [5.74, 6) is 0.756. The average Bonchev–Trinajstić information content (AvgIpc) is 2.91. The van der Waals surface area contributed by atoms with Gasteiger partial charge in [-0.25, -0.2) is 4.98 Å². The summed E-state index contributed by atoms with van der Waals surface area (Å²) in [5.41, 5.74) is 7.01. The van der Waals surface area contributed by atoms with E-state index in [4.69, 9.17) is 5.73 Å². The van der Waals surface area contributed by atoms with E-state index >= 15 is 0 Å². The molecule has 1 aliphatic rings. The number of allylic oxidation sites excluding steroid dienone is 2. The standard InChI is InChI=1S/C13H15N7O/c1-15-11-5-10(18-8-3-2-4-16-6-8)19-13-9(12(14)21)7-17-20(11)13/h2-5,7,15-16H,6H2,1H3,(H2,14,21)(H,18,19). The molecule has 0 atom stereocenters. The maximum Gasteiger partial charge on any atom is 0.254 e. The van der Waals surface area contributed by atoms with Crippen LogP contribution in [0.1, 0.15) is 10.4 Å². The van der Waals surface area contributed by atoms with E-state index in [-0.39, 0.29) is 5.56 Å². The minimum absolute atomic E-state index is 0.283. The van der Waals surface area contributed by atoms with Gasteiger partial charge < -0.3 is 21.7 Å². The number of hydrogen-bond acceptors (Lipinski definition) is 6. The summed E-state index contributed by atoms with van der Waals surface area (Å²) < 4.78 is 1.54. The number of fused-ring (bicyclic) bond motifs is 1. The number of amides is 1. The molecule has 21 heavy (non-hydrogen) atoms. The predicted molar refractivity (Wildman–Crippen MR) is 79.9 cm³/mol. The molecule has 8 heteroatoms. The van der Waals surface area contributed by atoms with Gasteiger partial charge in [-0.05, 0) is 18.4 Å². The molecule has 0 saturated carbocycles. The topological polar surface area (TPSA) is 109 Å². The molecule has 8 nitrogen and oxygen atoms in total. The van der Waals surface area contributed by atoms with Gasteiger partial charge >= 0.3 is 0 Å². The number of nitrogens with two attached hydrogens (primary N) is 1. The van der Waals surface area contributed by atoms with E-state index in [1.165, 1.54) is 6.20 Å². The predicted octanol–water partition coefficient (Wildman–Crippen LogP) is 0.283. The van der Waals surface area contributed by atoms with Crippen LogP contribution in [0.4, 0.5) is 11.6 Å². The second-order valence-corrected chi connectivity index (χ2v) is 4.49. The molecule has 2 aromatic heterocycles. The fourth-order valence-corrected chi connectivity index (χ4v) is 2.09. The Balaban J connectivity index is 2.06. The molecule has 0 saturated heterocycles. The highest BCUT2D eigenvalue weighted by Crippen LogP contribution is 2.19. The third-order valence-corrected chi connectivity index (χ3v) is 3.09. The van der Waals surface area contributed by atoms with E-state index in [1.807, 2.05) is 24.4 Å². The molecular formula is C13H15N7O. The number of nitrogens with one attached hydrogen (secondary N) is 3. The SMILES string of the molecule is CNc1cc(NC2=CC=CNC2)nc2c(C(N)=O)cnn12. The van der Waals surface area contributed by atoms with E-state index in [0.29, 0.717) is 23.8 Å². The summed E-state index contributed by atoms with van der Waals surface area (Å²) in [6.07, 6.45) is 7.13. The summed E-state index contributed by atoms with van der Waals surface area (Å²) in [7, 11) is 1.77. The van der Waals surface area contributed by atoms with Crippen LogP contribution in [-0.4, -0.2) is 34.1 Å². The third-order valence-electron chi connectivity index (χ3n) is 3.09. The number of anilines is 2. The van der Waals surface area contributed by atoms with Crippen molar-refractivity contribution in [2.75, 3.05) is 24.2 Å². The molecule has 2 aromatic rings. The molecule has 0 aliphatic carbocycles. The molecule has 1 amide bonds. The maximum atomic E-state index is 11.4. The Bertz CT molecular complexity index is 759. The van der Waals surface area contributed by atoms with Crippen LogP contribution in [0.3, 0.4) is 0 Å². The molecule has 0 bridgehead atoms. The molecule has 3 rings (SSSR count). The van der Waals surface area contributed by atoms with Crippen molar-refractivity contribution in [1.82, 2.24) is 19.9 Å². The van der Waals surface area contributed by atoms with Gasteiger partial charge in [0.25, 0.3) is 5.91 Å². The highest BCUT2D eigenvalue weighted by atomic mass is 16.1. The lowest BCUT2D eigenvalue weighted by atomic mass is 10.3. The van der Waals surface area contributed by atoms with Gasteiger partial charge in [0.2, 0.25) is 0 Å². The zero-order valence-electron chi connectivity index (χ0n) is 11.4. The molecule has 0 fully saturated rings. The minimum Gasteiger partial charge on any atom is -0.385 e. The minimum atomic E-state index is -0.557. The van der Waals surface area contributed by atoms with Crippen molar-refractivity contribution in [3.05, 3.63) is 41.9 Å². The van der Waals surface area contributed by atoms with E-state index in [1.54, 1.807) is 11.6 Å². The summed E-state index contributed by atoms with van der Waals surface area (Å²) >= 11 is 0. The summed E-state index contributed by atoms with van der Waals surface area (Å²) in [6.45, 7) is 0.681. The summed E-state index contributed by atoms with van der Waals surface area (Å²) in [6, 6.07) is 1.81. The first-order valence-electron chi connectivity index (χ1n) is 6.41. The normalized spacial score (nSPS) is 13.7. The van der Waals surface area contributed by atoms with E-state index in [2.05, 4.69) is 26.0 Å². The quantitative estimate of drug-likeness (QED) is 0.642. The van der Waals surface area contributed by atoms with Crippen LogP contribution in [-0.2, 0) is 0 Å². The fraction of sp³-hybridized carbons (Fsp3) is 0.154. The highest BCUT2D eigenvalue weighted by molar-refractivity contribution is 5.98. The first-order valence-corrected chi connectivity index (χ1v) is 6.41. The van der Waals surface area contributed by atoms with Gasteiger partial charge in [0.05, 0.1) is 12.7 Å². The number of carbonyl (C=O) groups is 1. The lowest BCUT2D eigenvalue weighted by Crippen LogP contribution is -2.19. The zero-order chi connectivity index (χ0) is 14.8. The van der Waals surface area contributed by atoms with Crippen molar-refractivity contribution >= 4 is 23.2 Å². The number of nitrogens with zero attached hydrogens (tertiary/aromatic N) is 3. The highest BCUT2D eigenvalue weighted by Gasteiger charge is 2.15. The Morgan fingerprint density at radius 3 is 3.05 bits per heavy atom. The summed E-state index contributed by atoms with van der Waals surface area (Å²) in [5, 5.41) is 13.4. The molecule has 108 valence electrons. The van der Waals surface area contributed by atoms with E-state index in [0.717, 1.165) is 5.70 Å². The van der Waals surface area contributed by atoms with Gasteiger partial charge in [-0.15, -0.1) is 0 Å². The fourth-order valence-electron chi connectivity index (χ4n) is 2.09. The van der Waals surface area contributed by atoms with Crippen LogP contribution < -0.4 is 21.7 Å². The van der Waals surface area contributed by atoms with Gasteiger partial charge in [0.1, 0.15) is 17.2 Å². The van der Waals surface area contributed by atoms with E-state index in [9.17, 15) is 4.79 Å². The molecule has 3 heterocycles. The lowest BCUT2D eigenvalue weighted by molar-refractivity contribution is 0.100. The van der Waals surface area contributed by atoms with Crippen LogP contribution in [0.2, 0.25) is 0 Å². The first-order chi connectivity index (χ1) is 10.2. The van der Waals surface area contributed by atoms with Crippen molar-refractivity contribution in [3.8, 4) is 0 Å². The monoisotopic (exact) mass is 285 g/mol. The Kier molecular flexibility index (Phi) is 3.19. The molecule has 0 aromatic carbocycles. The lowest BCUT2D eigenvalue weighted by Gasteiger charge is -2.14. The van der Waals surface area contributed by atoms with Crippen LogP contribution in [0.5, 0.6) is 0 Å². The van der Waals surface area contributed by atoms with Gasteiger partial charge in [0, 0.05) is 18.8 Å². The number of primary amides is 1. The van der Waals surface area contributed by atoms with Crippen LogP contribution >= 0.6 is 0 Å².